The zero-order valence-corrected chi connectivity index (χ0v) is 10.8. The third-order valence-corrected chi connectivity index (χ3v) is 4.20. The largest absolute Gasteiger partial charge is 0.149 e. The smallest absolute Gasteiger partial charge is 0.00462 e. The zero-order valence-electron chi connectivity index (χ0n) is 9.99. The third-order valence-electron chi connectivity index (χ3n) is 3.14. The number of thiophene rings is 1. The normalized spacial score (nSPS) is 10.6. The molecule has 0 atom stereocenters. The van der Waals surface area contributed by atoms with Gasteiger partial charge in [-0.25, -0.2) is 0 Å². The quantitative estimate of drug-likeness (QED) is 0.723. The van der Waals surface area contributed by atoms with Crippen molar-refractivity contribution >= 4 is 11.3 Å². The van der Waals surface area contributed by atoms with E-state index in [0.717, 1.165) is 0 Å². The van der Waals surface area contributed by atoms with E-state index in [1.807, 2.05) is 11.3 Å². The highest BCUT2D eigenvalue weighted by atomic mass is 32.1. The Kier molecular flexibility index (Phi) is 3.79. The molecule has 2 aromatic rings. The maximum atomic E-state index is 2.32. The zero-order chi connectivity index (χ0) is 11.4. The minimum absolute atomic E-state index is 1.19. The van der Waals surface area contributed by atoms with Crippen LogP contribution in [0, 0.1) is 13.8 Å². The van der Waals surface area contributed by atoms with Crippen molar-refractivity contribution in [2.75, 3.05) is 0 Å². The van der Waals surface area contributed by atoms with Gasteiger partial charge in [-0.1, -0.05) is 30.3 Å². The molecule has 0 aliphatic heterocycles. The Balaban J connectivity index is 1.87. The summed E-state index contributed by atoms with van der Waals surface area (Å²) in [6, 6.07) is 10.7. The van der Waals surface area contributed by atoms with Crippen molar-refractivity contribution < 1.29 is 0 Å². The standard InChI is InChI=1S/C15H18S/c1-12-13(2)16-11-15(12)10-6-9-14-7-4-3-5-8-14/h3-5,7-8,11H,6,9-10H2,1-2H3. The Morgan fingerprint density at radius 1 is 1.00 bits per heavy atom. The van der Waals surface area contributed by atoms with Gasteiger partial charge >= 0.3 is 0 Å². The molecule has 1 aromatic heterocycles. The first-order valence-corrected chi connectivity index (χ1v) is 6.73. The summed E-state index contributed by atoms with van der Waals surface area (Å²) in [6.45, 7) is 4.45. The topological polar surface area (TPSA) is 0 Å². The van der Waals surface area contributed by atoms with Gasteiger partial charge < -0.3 is 0 Å². The van der Waals surface area contributed by atoms with Crippen LogP contribution < -0.4 is 0 Å². The van der Waals surface area contributed by atoms with Crippen molar-refractivity contribution in [2.24, 2.45) is 0 Å². The van der Waals surface area contributed by atoms with E-state index in [1.165, 1.54) is 35.3 Å². The molecule has 0 N–H and O–H groups in total. The van der Waals surface area contributed by atoms with Gasteiger partial charge in [0.05, 0.1) is 0 Å². The van der Waals surface area contributed by atoms with E-state index in [9.17, 15) is 0 Å². The monoisotopic (exact) mass is 230 g/mol. The Labute approximate surface area is 102 Å². The van der Waals surface area contributed by atoms with Crippen molar-refractivity contribution in [2.45, 2.75) is 33.1 Å². The molecule has 0 radical (unpaired) electrons. The Hall–Kier alpha value is -1.08. The number of aryl methyl sites for hydroxylation is 3. The summed E-state index contributed by atoms with van der Waals surface area (Å²) in [5, 5.41) is 2.32. The molecule has 2 rings (SSSR count). The average molecular weight is 230 g/mol. The van der Waals surface area contributed by atoms with Crippen molar-refractivity contribution in [1.29, 1.82) is 0 Å². The molecule has 0 saturated heterocycles. The Morgan fingerprint density at radius 2 is 1.75 bits per heavy atom. The number of benzene rings is 1. The second kappa shape index (κ2) is 5.31. The highest BCUT2D eigenvalue weighted by molar-refractivity contribution is 7.10. The van der Waals surface area contributed by atoms with E-state index >= 15 is 0 Å². The molecule has 0 amide bonds. The summed E-state index contributed by atoms with van der Waals surface area (Å²) in [6.07, 6.45) is 3.65. The molecular formula is C15H18S. The van der Waals surface area contributed by atoms with Crippen LogP contribution in [0.3, 0.4) is 0 Å². The highest BCUT2D eigenvalue weighted by Gasteiger charge is 2.03. The van der Waals surface area contributed by atoms with E-state index in [4.69, 9.17) is 0 Å². The molecule has 1 aromatic carbocycles. The molecular weight excluding hydrogens is 212 g/mol. The predicted octanol–water partition coefficient (Wildman–Crippen LogP) is 4.54. The van der Waals surface area contributed by atoms with Crippen LogP contribution in [0.1, 0.15) is 28.0 Å². The fourth-order valence-corrected chi connectivity index (χ4v) is 2.86. The molecule has 0 spiro atoms. The lowest BCUT2D eigenvalue weighted by Gasteiger charge is -2.02. The van der Waals surface area contributed by atoms with Crippen LogP contribution in [0.2, 0.25) is 0 Å². The minimum atomic E-state index is 1.19. The molecule has 0 bridgehead atoms. The summed E-state index contributed by atoms with van der Waals surface area (Å²) in [4.78, 5) is 1.47. The average Bonchev–Trinajstić information content (AvgIpc) is 2.62. The fourth-order valence-electron chi connectivity index (χ4n) is 1.94. The van der Waals surface area contributed by atoms with Gasteiger partial charge in [-0.05, 0) is 55.2 Å². The molecule has 0 nitrogen and oxygen atoms in total. The molecule has 0 saturated carbocycles. The maximum Gasteiger partial charge on any atom is 0.00462 e. The predicted molar refractivity (Wildman–Crippen MR) is 72.3 cm³/mol. The lowest BCUT2D eigenvalue weighted by Crippen LogP contribution is -1.90. The first-order chi connectivity index (χ1) is 7.77. The SMILES string of the molecule is Cc1scc(CCCc2ccccc2)c1C. The van der Waals surface area contributed by atoms with Crippen LogP contribution in [-0.4, -0.2) is 0 Å². The van der Waals surface area contributed by atoms with Gasteiger partial charge in [0.15, 0.2) is 0 Å². The van der Waals surface area contributed by atoms with Crippen molar-refractivity contribution in [3.63, 3.8) is 0 Å². The van der Waals surface area contributed by atoms with Gasteiger partial charge in [0.1, 0.15) is 0 Å². The first kappa shape index (κ1) is 11.4. The van der Waals surface area contributed by atoms with E-state index in [-0.39, 0.29) is 0 Å². The van der Waals surface area contributed by atoms with Crippen molar-refractivity contribution in [1.82, 2.24) is 0 Å². The molecule has 0 unspecified atom stereocenters. The lowest BCUT2D eigenvalue weighted by atomic mass is 10.0. The van der Waals surface area contributed by atoms with E-state index in [1.54, 1.807) is 5.56 Å². The number of hydrogen-bond donors (Lipinski definition) is 0. The van der Waals surface area contributed by atoms with Gasteiger partial charge in [-0.2, -0.15) is 0 Å². The molecule has 0 aliphatic carbocycles. The second-order valence-corrected chi connectivity index (χ2v) is 5.37. The Bertz CT molecular complexity index is 440. The van der Waals surface area contributed by atoms with Gasteiger partial charge in [-0.3, -0.25) is 0 Å². The summed E-state index contributed by atoms with van der Waals surface area (Å²) in [5.74, 6) is 0. The van der Waals surface area contributed by atoms with Gasteiger partial charge in [0, 0.05) is 4.88 Å². The maximum absolute atomic E-state index is 2.32. The Morgan fingerprint density at radius 3 is 2.38 bits per heavy atom. The van der Waals surface area contributed by atoms with Crippen molar-refractivity contribution in [3.05, 3.63) is 57.3 Å². The van der Waals surface area contributed by atoms with E-state index in [0.29, 0.717) is 0 Å². The lowest BCUT2D eigenvalue weighted by molar-refractivity contribution is 0.818. The van der Waals surface area contributed by atoms with Crippen LogP contribution in [0.25, 0.3) is 0 Å². The molecule has 0 fully saturated rings. The van der Waals surface area contributed by atoms with Gasteiger partial charge in [0.25, 0.3) is 0 Å². The third kappa shape index (κ3) is 2.73. The summed E-state index contributed by atoms with van der Waals surface area (Å²) < 4.78 is 0. The van der Waals surface area contributed by atoms with Crippen LogP contribution in [0.4, 0.5) is 0 Å². The van der Waals surface area contributed by atoms with Crippen LogP contribution in [0.15, 0.2) is 35.7 Å². The van der Waals surface area contributed by atoms with Gasteiger partial charge in [-0.15, -0.1) is 11.3 Å². The van der Waals surface area contributed by atoms with Crippen LogP contribution >= 0.6 is 11.3 Å². The minimum Gasteiger partial charge on any atom is -0.149 e. The summed E-state index contributed by atoms with van der Waals surface area (Å²) >= 11 is 1.88. The summed E-state index contributed by atoms with van der Waals surface area (Å²) in [7, 11) is 0. The molecule has 1 heterocycles. The molecule has 16 heavy (non-hydrogen) atoms. The fraction of sp³-hybridized carbons (Fsp3) is 0.333. The molecule has 84 valence electrons. The molecule has 0 aliphatic rings. The second-order valence-electron chi connectivity index (χ2n) is 4.28. The van der Waals surface area contributed by atoms with Gasteiger partial charge in [0.2, 0.25) is 0 Å². The van der Waals surface area contributed by atoms with Crippen molar-refractivity contribution in [3.8, 4) is 0 Å². The van der Waals surface area contributed by atoms with E-state index < -0.39 is 0 Å². The molecule has 1 heteroatoms. The number of hydrogen-bond acceptors (Lipinski definition) is 1. The first-order valence-electron chi connectivity index (χ1n) is 5.85. The van der Waals surface area contributed by atoms with E-state index in [2.05, 4.69) is 49.6 Å². The van der Waals surface area contributed by atoms with Crippen LogP contribution in [0.5, 0.6) is 0 Å². The van der Waals surface area contributed by atoms with Crippen LogP contribution in [-0.2, 0) is 12.8 Å². The summed E-state index contributed by atoms with van der Waals surface area (Å²) in [5.41, 5.74) is 4.49. The number of rotatable bonds is 4. The highest BCUT2D eigenvalue weighted by Crippen LogP contribution is 2.22.